The number of hydrogen-bond acceptors (Lipinski definition) is 2. The van der Waals surface area contributed by atoms with Crippen molar-refractivity contribution in [1.29, 1.82) is 0 Å². The van der Waals surface area contributed by atoms with Crippen LogP contribution in [0.3, 0.4) is 0 Å². The van der Waals surface area contributed by atoms with Crippen LogP contribution >= 0.6 is 0 Å². The number of fused-ring (bicyclic) bond motifs is 2. The molecule has 19 heavy (non-hydrogen) atoms. The van der Waals surface area contributed by atoms with E-state index >= 15 is 0 Å². The molecule has 0 aliphatic carbocycles. The van der Waals surface area contributed by atoms with Crippen molar-refractivity contribution >= 4 is 11.6 Å². The van der Waals surface area contributed by atoms with Gasteiger partial charge in [0.2, 0.25) is 0 Å². The van der Waals surface area contributed by atoms with Gasteiger partial charge in [0.05, 0.1) is 11.3 Å². The largest absolute Gasteiger partial charge is 0.454 e. The number of amides is 1. The molecule has 3 rings (SSSR count). The van der Waals surface area contributed by atoms with Crippen molar-refractivity contribution in [1.82, 2.24) is 0 Å². The Morgan fingerprint density at radius 2 is 1.74 bits per heavy atom. The summed E-state index contributed by atoms with van der Waals surface area (Å²) in [4.78, 5) is 14.3. The van der Waals surface area contributed by atoms with Crippen molar-refractivity contribution in [2.75, 3.05) is 11.4 Å². The van der Waals surface area contributed by atoms with Gasteiger partial charge in [-0.15, -0.1) is 6.58 Å². The standard InChI is InChI=1S/C16H13NO2/c1-2-11-17-13-8-4-6-10-15(13)19-14-9-5-3-7-12(14)16(17)18/h2-10H,1,11H2. The van der Waals surface area contributed by atoms with E-state index in [1.165, 1.54) is 0 Å². The molecule has 0 radical (unpaired) electrons. The normalized spacial score (nSPS) is 13.1. The van der Waals surface area contributed by atoms with Gasteiger partial charge in [-0.3, -0.25) is 4.79 Å². The minimum Gasteiger partial charge on any atom is -0.454 e. The molecule has 0 spiro atoms. The summed E-state index contributed by atoms with van der Waals surface area (Å²) in [5, 5.41) is 0. The monoisotopic (exact) mass is 251 g/mol. The summed E-state index contributed by atoms with van der Waals surface area (Å²) in [5.41, 5.74) is 1.34. The molecular formula is C16H13NO2. The minimum atomic E-state index is -0.0690. The molecule has 1 aliphatic rings. The third-order valence-electron chi connectivity index (χ3n) is 3.05. The Balaban J connectivity index is 2.21. The summed E-state index contributed by atoms with van der Waals surface area (Å²) in [6.45, 7) is 4.17. The van der Waals surface area contributed by atoms with Gasteiger partial charge in [-0.25, -0.2) is 0 Å². The zero-order valence-electron chi connectivity index (χ0n) is 10.4. The first kappa shape index (κ1) is 11.5. The lowest BCUT2D eigenvalue weighted by Crippen LogP contribution is -2.30. The fourth-order valence-corrected chi connectivity index (χ4v) is 2.18. The lowest BCUT2D eigenvalue weighted by atomic mass is 10.1. The van der Waals surface area contributed by atoms with Gasteiger partial charge < -0.3 is 9.64 Å². The zero-order valence-corrected chi connectivity index (χ0v) is 10.4. The molecule has 1 amide bonds. The van der Waals surface area contributed by atoms with E-state index in [4.69, 9.17) is 4.74 Å². The van der Waals surface area contributed by atoms with Crippen LogP contribution in [0.4, 0.5) is 5.69 Å². The Hall–Kier alpha value is -2.55. The quantitative estimate of drug-likeness (QED) is 0.763. The van der Waals surface area contributed by atoms with Gasteiger partial charge in [0.25, 0.3) is 5.91 Å². The summed E-state index contributed by atoms with van der Waals surface area (Å²) in [7, 11) is 0. The van der Waals surface area contributed by atoms with E-state index < -0.39 is 0 Å². The summed E-state index contributed by atoms with van der Waals surface area (Å²) < 4.78 is 5.85. The number of rotatable bonds is 2. The Kier molecular flexibility index (Phi) is 2.80. The van der Waals surface area contributed by atoms with E-state index in [1.807, 2.05) is 36.4 Å². The van der Waals surface area contributed by atoms with E-state index in [2.05, 4.69) is 6.58 Å². The van der Waals surface area contributed by atoms with Crippen molar-refractivity contribution in [3.63, 3.8) is 0 Å². The van der Waals surface area contributed by atoms with Gasteiger partial charge in [0, 0.05) is 6.54 Å². The molecular weight excluding hydrogens is 238 g/mol. The second-order valence-corrected chi connectivity index (χ2v) is 4.27. The molecule has 94 valence electrons. The van der Waals surface area contributed by atoms with Gasteiger partial charge in [-0.2, -0.15) is 0 Å². The average Bonchev–Trinajstić information content (AvgIpc) is 2.56. The highest BCUT2D eigenvalue weighted by molar-refractivity contribution is 6.09. The summed E-state index contributed by atoms with van der Waals surface area (Å²) >= 11 is 0. The molecule has 0 saturated heterocycles. The third-order valence-corrected chi connectivity index (χ3v) is 3.05. The number of nitrogens with zero attached hydrogens (tertiary/aromatic N) is 1. The summed E-state index contributed by atoms with van der Waals surface area (Å²) in [6, 6.07) is 14.8. The van der Waals surface area contributed by atoms with Crippen LogP contribution in [0, 0.1) is 0 Å². The Bertz CT molecular complexity index is 649. The molecule has 0 atom stereocenters. The number of carbonyl (C=O) groups excluding carboxylic acids is 1. The number of ether oxygens (including phenoxy) is 1. The molecule has 0 N–H and O–H groups in total. The van der Waals surface area contributed by atoms with Crippen molar-refractivity contribution in [2.45, 2.75) is 0 Å². The van der Waals surface area contributed by atoms with E-state index in [-0.39, 0.29) is 5.91 Å². The van der Waals surface area contributed by atoms with Gasteiger partial charge >= 0.3 is 0 Å². The molecule has 2 aromatic rings. The van der Waals surface area contributed by atoms with E-state index in [9.17, 15) is 4.79 Å². The van der Waals surface area contributed by atoms with Crippen molar-refractivity contribution in [3.8, 4) is 11.5 Å². The van der Waals surface area contributed by atoms with Crippen LogP contribution in [0.1, 0.15) is 10.4 Å². The highest BCUT2D eigenvalue weighted by Crippen LogP contribution is 2.38. The topological polar surface area (TPSA) is 29.5 Å². The molecule has 0 bridgehead atoms. The molecule has 0 fully saturated rings. The van der Waals surface area contributed by atoms with Gasteiger partial charge in [0.15, 0.2) is 5.75 Å². The van der Waals surface area contributed by atoms with E-state index in [0.717, 1.165) is 5.69 Å². The molecule has 0 unspecified atom stereocenters. The molecule has 2 aromatic carbocycles. The molecule has 3 nitrogen and oxygen atoms in total. The highest BCUT2D eigenvalue weighted by Gasteiger charge is 2.26. The van der Waals surface area contributed by atoms with Gasteiger partial charge in [0.1, 0.15) is 5.75 Å². The lowest BCUT2D eigenvalue weighted by molar-refractivity contribution is 0.0990. The predicted octanol–water partition coefficient (Wildman–Crippen LogP) is 3.63. The van der Waals surface area contributed by atoms with Crippen LogP contribution in [0.15, 0.2) is 61.2 Å². The molecule has 1 aliphatic heterocycles. The lowest BCUT2D eigenvalue weighted by Gasteiger charge is -2.20. The maximum Gasteiger partial charge on any atom is 0.262 e. The van der Waals surface area contributed by atoms with Crippen molar-refractivity contribution in [3.05, 3.63) is 66.7 Å². The van der Waals surface area contributed by atoms with Gasteiger partial charge in [-0.05, 0) is 24.3 Å². The zero-order chi connectivity index (χ0) is 13.2. The molecule has 0 aromatic heterocycles. The molecule has 3 heteroatoms. The van der Waals surface area contributed by atoms with Crippen molar-refractivity contribution in [2.24, 2.45) is 0 Å². The van der Waals surface area contributed by atoms with E-state index in [1.54, 1.807) is 23.1 Å². The summed E-state index contributed by atoms with van der Waals surface area (Å²) in [5.74, 6) is 1.20. The first-order valence-corrected chi connectivity index (χ1v) is 6.10. The van der Waals surface area contributed by atoms with Crippen molar-refractivity contribution < 1.29 is 9.53 Å². The first-order valence-electron chi connectivity index (χ1n) is 6.10. The summed E-state index contributed by atoms with van der Waals surface area (Å²) in [6.07, 6.45) is 1.71. The van der Waals surface area contributed by atoms with Crippen LogP contribution in [0.2, 0.25) is 0 Å². The predicted molar refractivity (Wildman–Crippen MR) is 74.8 cm³/mol. The molecule has 0 saturated carbocycles. The van der Waals surface area contributed by atoms with Crippen LogP contribution in [-0.4, -0.2) is 12.5 Å². The fourth-order valence-electron chi connectivity index (χ4n) is 2.18. The number of hydrogen-bond donors (Lipinski definition) is 0. The minimum absolute atomic E-state index is 0.0690. The highest BCUT2D eigenvalue weighted by atomic mass is 16.5. The molecule has 1 heterocycles. The number of para-hydroxylation sites is 3. The van der Waals surface area contributed by atoms with Crippen LogP contribution in [-0.2, 0) is 0 Å². The number of anilines is 1. The Morgan fingerprint density at radius 3 is 2.53 bits per heavy atom. The first-order chi connectivity index (χ1) is 9.31. The second-order valence-electron chi connectivity index (χ2n) is 4.27. The van der Waals surface area contributed by atoms with Crippen LogP contribution in [0.25, 0.3) is 0 Å². The smallest absolute Gasteiger partial charge is 0.262 e. The average molecular weight is 251 g/mol. The SMILES string of the molecule is C=CCN1C(=O)c2ccccc2Oc2ccccc21. The van der Waals surface area contributed by atoms with Crippen LogP contribution in [0.5, 0.6) is 11.5 Å². The number of carbonyl (C=O) groups is 1. The third kappa shape index (κ3) is 1.89. The van der Waals surface area contributed by atoms with Crippen LogP contribution < -0.4 is 9.64 Å². The Morgan fingerprint density at radius 1 is 1.05 bits per heavy atom. The second kappa shape index (κ2) is 4.61. The Labute approximate surface area is 111 Å². The number of benzene rings is 2. The van der Waals surface area contributed by atoms with E-state index in [0.29, 0.717) is 23.6 Å². The maximum atomic E-state index is 12.6. The fraction of sp³-hybridized carbons (Fsp3) is 0.0625. The van der Waals surface area contributed by atoms with Gasteiger partial charge in [-0.1, -0.05) is 30.3 Å². The maximum absolute atomic E-state index is 12.6.